The van der Waals surface area contributed by atoms with Crippen molar-refractivity contribution in [3.63, 3.8) is 0 Å². The molecule has 29 heavy (non-hydrogen) atoms. The maximum atomic E-state index is 13.3. The van der Waals surface area contributed by atoms with Crippen LogP contribution in [0.25, 0.3) is 0 Å². The van der Waals surface area contributed by atoms with E-state index in [1.165, 1.54) is 6.07 Å². The minimum atomic E-state index is -0.877. The quantitative estimate of drug-likeness (QED) is 0.685. The van der Waals surface area contributed by atoms with Crippen molar-refractivity contribution in [2.75, 3.05) is 29.1 Å². The van der Waals surface area contributed by atoms with Gasteiger partial charge in [0, 0.05) is 25.4 Å². The van der Waals surface area contributed by atoms with Crippen LogP contribution in [0.4, 0.5) is 26.2 Å². The van der Waals surface area contributed by atoms with Gasteiger partial charge >= 0.3 is 0 Å². The van der Waals surface area contributed by atoms with Crippen LogP contribution in [0.3, 0.4) is 0 Å². The van der Waals surface area contributed by atoms with Gasteiger partial charge in [-0.1, -0.05) is 6.07 Å². The second kappa shape index (κ2) is 7.46. The second-order valence-corrected chi connectivity index (χ2v) is 6.88. The van der Waals surface area contributed by atoms with Crippen LogP contribution in [-0.2, 0) is 17.9 Å². The van der Waals surface area contributed by atoms with Gasteiger partial charge in [0.2, 0.25) is 11.9 Å². The number of hydrogen-bond donors (Lipinski definition) is 2. The highest BCUT2D eigenvalue weighted by Crippen LogP contribution is 2.29. The Kier molecular flexibility index (Phi) is 4.83. The molecule has 4 rings (SSSR count). The Bertz CT molecular complexity index is 1080. The minimum absolute atomic E-state index is 0.0964. The average Bonchev–Trinajstić information content (AvgIpc) is 3.11. The molecule has 2 N–H and O–H groups in total. The molecule has 3 aromatic rings. The number of halogens is 2. The highest BCUT2D eigenvalue weighted by molar-refractivity contribution is 6.00. The second-order valence-electron chi connectivity index (χ2n) is 6.88. The Hall–Kier alpha value is -3.56. The van der Waals surface area contributed by atoms with Gasteiger partial charge in [0.05, 0.1) is 25.0 Å². The summed E-state index contributed by atoms with van der Waals surface area (Å²) in [6, 6.07) is 3.79. The van der Waals surface area contributed by atoms with Gasteiger partial charge in [-0.3, -0.25) is 9.48 Å². The summed E-state index contributed by atoms with van der Waals surface area (Å²) in [7, 11) is 1.80. The van der Waals surface area contributed by atoms with Gasteiger partial charge in [0.25, 0.3) is 0 Å². The molecule has 1 amide bonds. The van der Waals surface area contributed by atoms with Gasteiger partial charge in [-0.05, 0) is 24.6 Å². The van der Waals surface area contributed by atoms with Crippen molar-refractivity contribution in [1.82, 2.24) is 19.7 Å². The average molecular weight is 399 g/mol. The molecule has 1 aliphatic heterocycles. The van der Waals surface area contributed by atoms with E-state index in [-0.39, 0.29) is 12.5 Å². The first-order chi connectivity index (χ1) is 13.9. The zero-order valence-corrected chi connectivity index (χ0v) is 15.9. The van der Waals surface area contributed by atoms with Gasteiger partial charge in [-0.25, -0.2) is 13.8 Å². The zero-order chi connectivity index (χ0) is 20.5. The number of benzene rings is 1. The van der Waals surface area contributed by atoms with Gasteiger partial charge < -0.3 is 15.5 Å². The SMILES string of the molecule is Cc1nc(NCc2cnn(Cc3ccc(F)c(F)c3)c2)nc2c1NC(=O)CN2C. The molecule has 0 bridgehead atoms. The molecule has 0 fully saturated rings. The molecule has 0 radical (unpaired) electrons. The Labute approximate surface area is 165 Å². The number of fused-ring (bicyclic) bond motifs is 1. The number of rotatable bonds is 5. The van der Waals surface area contributed by atoms with Crippen LogP contribution in [-0.4, -0.2) is 39.2 Å². The minimum Gasteiger partial charge on any atom is -0.350 e. The Morgan fingerprint density at radius 2 is 2.03 bits per heavy atom. The number of aromatic nitrogens is 4. The van der Waals surface area contributed by atoms with E-state index >= 15 is 0 Å². The maximum Gasteiger partial charge on any atom is 0.244 e. The van der Waals surface area contributed by atoms with Crippen molar-refractivity contribution in [2.24, 2.45) is 0 Å². The van der Waals surface area contributed by atoms with Crippen molar-refractivity contribution in [3.8, 4) is 0 Å². The number of nitrogens with one attached hydrogen (secondary N) is 2. The lowest BCUT2D eigenvalue weighted by Crippen LogP contribution is -2.36. The summed E-state index contributed by atoms with van der Waals surface area (Å²) in [6.07, 6.45) is 3.50. The molecule has 1 aliphatic rings. The number of amides is 1. The normalized spacial score (nSPS) is 13.2. The summed E-state index contributed by atoms with van der Waals surface area (Å²) < 4.78 is 28.0. The summed E-state index contributed by atoms with van der Waals surface area (Å²) in [4.78, 5) is 22.3. The third-order valence-electron chi connectivity index (χ3n) is 4.54. The molecule has 2 aromatic heterocycles. The van der Waals surface area contributed by atoms with E-state index < -0.39 is 11.6 Å². The van der Waals surface area contributed by atoms with E-state index in [0.29, 0.717) is 41.8 Å². The van der Waals surface area contributed by atoms with Crippen LogP contribution in [0.2, 0.25) is 0 Å². The van der Waals surface area contributed by atoms with E-state index in [0.717, 1.165) is 17.7 Å². The Morgan fingerprint density at radius 3 is 2.83 bits per heavy atom. The first kappa shape index (κ1) is 18.8. The Balaban J connectivity index is 1.43. The molecular weight excluding hydrogens is 380 g/mol. The molecule has 0 aliphatic carbocycles. The van der Waals surface area contributed by atoms with Crippen molar-refractivity contribution >= 4 is 23.4 Å². The largest absolute Gasteiger partial charge is 0.350 e. The molecule has 3 heterocycles. The summed E-state index contributed by atoms with van der Waals surface area (Å²) >= 11 is 0. The lowest BCUT2D eigenvalue weighted by molar-refractivity contribution is -0.115. The monoisotopic (exact) mass is 399 g/mol. The fourth-order valence-corrected chi connectivity index (χ4v) is 3.12. The highest BCUT2D eigenvalue weighted by atomic mass is 19.2. The number of hydrogen-bond acceptors (Lipinski definition) is 6. The summed E-state index contributed by atoms with van der Waals surface area (Å²) in [5.41, 5.74) is 2.79. The summed E-state index contributed by atoms with van der Waals surface area (Å²) in [5, 5.41) is 10.2. The van der Waals surface area contributed by atoms with Crippen LogP contribution < -0.4 is 15.5 Å². The van der Waals surface area contributed by atoms with Gasteiger partial charge in [0.1, 0.15) is 5.69 Å². The third-order valence-corrected chi connectivity index (χ3v) is 4.54. The van der Waals surface area contributed by atoms with Crippen LogP contribution in [0, 0.1) is 18.6 Å². The van der Waals surface area contributed by atoms with Crippen LogP contribution >= 0.6 is 0 Å². The van der Waals surface area contributed by atoms with E-state index in [9.17, 15) is 13.6 Å². The predicted molar refractivity (Wildman–Crippen MR) is 104 cm³/mol. The van der Waals surface area contributed by atoms with E-state index in [1.807, 2.05) is 13.1 Å². The van der Waals surface area contributed by atoms with Gasteiger partial charge in [-0.2, -0.15) is 10.1 Å². The van der Waals surface area contributed by atoms with Gasteiger partial charge in [0.15, 0.2) is 17.5 Å². The Morgan fingerprint density at radius 1 is 1.21 bits per heavy atom. The molecule has 8 nitrogen and oxygen atoms in total. The van der Waals surface area contributed by atoms with Crippen LogP contribution in [0.5, 0.6) is 0 Å². The summed E-state index contributed by atoms with van der Waals surface area (Å²) in [6.45, 7) is 2.81. The lowest BCUT2D eigenvalue weighted by Gasteiger charge is -2.27. The molecule has 150 valence electrons. The number of anilines is 3. The molecule has 0 saturated heterocycles. The van der Waals surface area contributed by atoms with E-state index in [2.05, 4.69) is 25.7 Å². The molecule has 0 spiro atoms. The molecule has 0 atom stereocenters. The lowest BCUT2D eigenvalue weighted by atomic mass is 10.2. The number of likely N-dealkylation sites (N-methyl/N-ethyl adjacent to an activating group) is 1. The standard InChI is InChI=1S/C19H19F2N7O/c1-11-17-18(27(2)10-16(29)25-17)26-19(24-11)22-6-13-7-23-28(9-13)8-12-3-4-14(20)15(21)5-12/h3-5,7,9H,6,8,10H2,1-2H3,(H,25,29)(H,22,24,26). The first-order valence-electron chi connectivity index (χ1n) is 8.98. The zero-order valence-electron chi connectivity index (χ0n) is 15.9. The van der Waals surface area contributed by atoms with Crippen molar-refractivity contribution < 1.29 is 13.6 Å². The number of nitrogens with zero attached hydrogens (tertiary/aromatic N) is 5. The summed E-state index contributed by atoms with van der Waals surface area (Å²) in [5.74, 6) is -0.741. The van der Waals surface area contributed by atoms with Crippen molar-refractivity contribution in [1.29, 1.82) is 0 Å². The number of carbonyl (C=O) groups excluding carboxylic acids is 1. The maximum absolute atomic E-state index is 13.3. The molecular formula is C19H19F2N7O. The van der Waals surface area contributed by atoms with Crippen molar-refractivity contribution in [2.45, 2.75) is 20.0 Å². The first-order valence-corrected chi connectivity index (χ1v) is 8.98. The van der Waals surface area contributed by atoms with E-state index in [1.54, 1.807) is 22.8 Å². The van der Waals surface area contributed by atoms with E-state index in [4.69, 9.17) is 0 Å². The molecule has 1 aromatic carbocycles. The predicted octanol–water partition coefficient (Wildman–Crippen LogP) is 2.31. The third kappa shape index (κ3) is 4.00. The van der Waals surface area contributed by atoms with Gasteiger partial charge in [-0.15, -0.1) is 0 Å². The fourth-order valence-electron chi connectivity index (χ4n) is 3.12. The topological polar surface area (TPSA) is 88.0 Å². The molecule has 0 saturated carbocycles. The molecule has 10 heteroatoms. The fraction of sp³-hybridized carbons (Fsp3) is 0.263. The number of aryl methyl sites for hydroxylation is 1. The number of carbonyl (C=O) groups is 1. The smallest absolute Gasteiger partial charge is 0.244 e. The van der Waals surface area contributed by atoms with Crippen LogP contribution in [0.15, 0.2) is 30.6 Å². The van der Waals surface area contributed by atoms with Crippen LogP contribution in [0.1, 0.15) is 16.8 Å². The van der Waals surface area contributed by atoms with Crippen molar-refractivity contribution in [3.05, 3.63) is 59.0 Å². The highest BCUT2D eigenvalue weighted by Gasteiger charge is 2.23. The molecule has 0 unspecified atom stereocenters.